The number of carbonyl (C=O) groups is 1. The Kier molecular flexibility index (Phi) is 4.62. The lowest BCUT2D eigenvalue weighted by atomic mass is 10.2. The van der Waals surface area contributed by atoms with Crippen molar-refractivity contribution in [3.05, 3.63) is 22.4 Å². The SMILES string of the molecule is CCCCNC(C(=O)O)c1cccs1. The molecule has 1 atom stereocenters. The Balaban J connectivity index is 2.52. The number of hydrogen-bond acceptors (Lipinski definition) is 3. The predicted molar refractivity (Wildman–Crippen MR) is 57.6 cm³/mol. The van der Waals surface area contributed by atoms with E-state index in [9.17, 15) is 4.79 Å². The first kappa shape index (κ1) is 11.2. The molecule has 0 radical (unpaired) electrons. The third kappa shape index (κ3) is 3.12. The van der Waals surface area contributed by atoms with Gasteiger partial charge in [-0.25, -0.2) is 0 Å². The molecule has 1 aromatic heterocycles. The van der Waals surface area contributed by atoms with E-state index in [0.29, 0.717) is 0 Å². The maximum atomic E-state index is 10.9. The van der Waals surface area contributed by atoms with Crippen molar-refractivity contribution in [1.82, 2.24) is 5.32 Å². The number of nitrogens with one attached hydrogen (secondary N) is 1. The quantitative estimate of drug-likeness (QED) is 0.713. The highest BCUT2D eigenvalue weighted by Crippen LogP contribution is 2.18. The van der Waals surface area contributed by atoms with E-state index >= 15 is 0 Å². The molecular weight excluding hydrogens is 198 g/mol. The number of thiophene rings is 1. The Hall–Kier alpha value is -0.870. The van der Waals surface area contributed by atoms with Gasteiger partial charge in [0, 0.05) is 4.88 Å². The molecule has 4 heteroatoms. The number of hydrogen-bond donors (Lipinski definition) is 2. The average Bonchev–Trinajstić information content (AvgIpc) is 2.64. The first-order chi connectivity index (χ1) is 6.75. The molecular formula is C10H15NO2S. The molecule has 0 bridgehead atoms. The van der Waals surface area contributed by atoms with E-state index < -0.39 is 12.0 Å². The summed E-state index contributed by atoms with van der Waals surface area (Å²) in [5.74, 6) is -0.802. The lowest BCUT2D eigenvalue weighted by molar-refractivity contribution is -0.139. The molecule has 0 aliphatic carbocycles. The third-order valence-electron chi connectivity index (χ3n) is 1.95. The zero-order valence-corrected chi connectivity index (χ0v) is 9.01. The van der Waals surface area contributed by atoms with Crippen LogP contribution in [-0.4, -0.2) is 17.6 Å². The number of rotatable bonds is 6. The van der Waals surface area contributed by atoms with Crippen LogP contribution in [0.4, 0.5) is 0 Å². The number of carboxylic acid groups (broad SMARTS) is 1. The van der Waals surface area contributed by atoms with E-state index in [1.807, 2.05) is 17.5 Å². The lowest BCUT2D eigenvalue weighted by Gasteiger charge is -2.11. The lowest BCUT2D eigenvalue weighted by Crippen LogP contribution is -2.28. The summed E-state index contributed by atoms with van der Waals surface area (Å²) in [6, 6.07) is 3.18. The highest BCUT2D eigenvalue weighted by Gasteiger charge is 2.19. The summed E-state index contributed by atoms with van der Waals surface area (Å²) in [7, 11) is 0. The number of unbranched alkanes of at least 4 members (excludes halogenated alkanes) is 1. The molecule has 3 nitrogen and oxygen atoms in total. The van der Waals surface area contributed by atoms with Gasteiger partial charge in [-0.1, -0.05) is 19.4 Å². The van der Waals surface area contributed by atoms with E-state index in [4.69, 9.17) is 5.11 Å². The van der Waals surface area contributed by atoms with Crippen molar-refractivity contribution in [3.8, 4) is 0 Å². The van der Waals surface area contributed by atoms with Gasteiger partial charge in [0.15, 0.2) is 0 Å². The van der Waals surface area contributed by atoms with Gasteiger partial charge in [0.05, 0.1) is 0 Å². The summed E-state index contributed by atoms with van der Waals surface area (Å²) in [4.78, 5) is 11.8. The van der Waals surface area contributed by atoms with Gasteiger partial charge in [0.1, 0.15) is 6.04 Å². The van der Waals surface area contributed by atoms with Crippen LogP contribution in [-0.2, 0) is 4.79 Å². The van der Waals surface area contributed by atoms with E-state index in [-0.39, 0.29) is 0 Å². The summed E-state index contributed by atoms with van der Waals surface area (Å²) in [6.07, 6.45) is 2.08. The van der Waals surface area contributed by atoms with Crippen LogP contribution < -0.4 is 5.32 Å². The van der Waals surface area contributed by atoms with Crippen LogP contribution in [0.15, 0.2) is 17.5 Å². The monoisotopic (exact) mass is 213 g/mol. The minimum atomic E-state index is -0.802. The third-order valence-corrected chi connectivity index (χ3v) is 2.89. The zero-order valence-electron chi connectivity index (χ0n) is 8.19. The van der Waals surface area contributed by atoms with Crippen LogP contribution in [0.3, 0.4) is 0 Å². The van der Waals surface area contributed by atoms with Gasteiger partial charge in [-0.2, -0.15) is 0 Å². The minimum Gasteiger partial charge on any atom is -0.480 e. The smallest absolute Gasteiger partial charge is 0.326 e. The summed E-state index contributed by atoms with van der Waals surface area (Å²) in [6.45, 7) is 2.84. The maximum Gasteiger partial charge on any atom is 0.326 e. The Morgan fingerprint density at radius 3 is 3.00 bits per heavy atom. The zero-order chi connectivity index (χ0) is 10.4. The molecule has 0 saturated heterocycles. The molecule has 78 valence electrons. The van der Waals surface area contributed by atoms with Gasteiger partial charge in [-0.05, 0) is 24.4 Å². The van der Waals surface area contributed by atoms with Crippen molar-refractivity contribution < 1.29 is 9.90 Å². The molecule has 1 aromatic rings. The number of aliphatic carboxylic acids is 1. The van der Waals surface area contributed by atoms with Gasteiger partial charge in [-0.15, -0.1) is 11.3 Å². The van der Waals surface area contributed by atoms with E-state index in [1.54, 1.807) is 0 Å². The fourth-order valence-electron chi connectivity index (χ4n) is 1.19. The van der Waals surface area contributed by atoms with Crippen LogP contribution in [0.25, 0.3) is 0 Å². The van der Waals surface area contributed by atoms with Crippen LogP contribution in [0, 0.1) is 0 Å². The average molecular weight is 213 g/mol. The Labute approximate surface area is 87.8 Å². The van der Waals surface area contributed by atoms with E-state index in [2.05, 4.69) is 12.2 Å². The fraction of sp³-hybridized carbons (Fsp3) is 0.500. The van der Waals surface area contributed by atoms with Gasteiger partial charge < -0.3 is 10.4 Å². The summed E-state index contributed by atoms with van der Waals surface area (Å²) in [5.41, 5.74) is 0. The van der Waals surface area contributed by atoms with Crippen LogP contribution in [0.2, 0.25) is 0 Å². The van der Waals surface area contributed by atoms with Crippen molar-refractivity contribution in [2.24, 2.45) is 0 Å². The summed E-state index contributed by atoms with van der Waals surface area (Å²) in [5, 5.41) is 13.9. The van der Waals surface area contributed by atoms with Crippen molar-refractivity contribution in [2.45, 2.75) is 25.8 Å². The second kappa shape index (κ2) is 5.78. The van der Waals surface area contributed by atoms with Crippen molar-refractivity contribution in [3.63, 3.8) is 0 Å². The molecule has 14 heavy (non-hydrogen) atoms. The Morgan fingerprint density at radius 1 is 1.71 bits per heavy atom. The van der Waals surface area contributed by atoms with E-state index in [1.165, 1.54) is 11.3 Å². The normalized spacial score (nSPS) is 12.6. The minimum absolute atomic E-state index is 0.540. The predicted octanol–water partition coefficient (Wildman–Crippen LogP) is 2.26. The Bertz CT molecular complexity index is 272. The van der Waals surface area contributed by atoms with Crippen molar-refractivity contribution in [1.29, 1.82) is 0 Å². The van der Waals surface area contributed by atoms with Gasteiger partial charge in [0.25, 0.3) is 0 Å². The number of carboxylic acids is 1. The largest absolute Gasteiger partial charge is 0.480 e. The van der Waals surface area contributed by atoms with E-state index in [0.717, 1.165) is 24.3 Å². The first-order valence-electron chi connectivity index (χ1n) is 4.75. The second-order valence-electron chi connectivity index (χ2n) is 3.09. The van der Waals surface area contributed by atoms with Gasteiger partial charge >= 0.3 is 5.97 Å². The van der Waals surface area contributed by atoms with Crippen LogP contribution in [0.5, 0.6) is 0 Å². The molecule has 2 N–H and O–H groups in total. The van der Waals surface area contributed by atoms with Crippen LogP contribution in [0.1, 0.15) is 30.7 Å². The molecule has 0 aliphatic heterocycles. The summed E-state index contributed by atoms with van der Waals surface area (Å²) >= 11 is 1.47. The molecule has 0 saturated carbocycles. The topological polar surface area (TPSA) is 49.3 Å². The molecule has 1 heterocycles. The van der Waals surface area contributed by atoms with Crippen LogP contribution >= 0.6 is 11.3 Å². The molecule has 0 amide bonds. The van der Waals surface area contributed by atoms with Crippen molar-refractivity contribution in [2.75, 3.05) is 6.54 Å². The highest BCUT2D eigenvalue weighted by molar-refractivity contribution is 7.10. The highest BCUT2D eigenvalue weighted by atomic mass is 32.1. The van der Waals surface area contributed by atoms with Crippen molar-refractivity contribution >= 4 is 17.3 Å². The molecule has 0 aliphatic rings. The van der Waals surface area contributed by atoms with Gasteiger partial charge in [0.2, 0.25) is 0 Å². The van der Waals surface area contributed by atoms with Gasteiger partial charge in [-0.3, -0.25) is 4.79 Å². The molecule has 1 unspecified atom stereocenters. The maximum absolute atomic E-state index is 10.9. The first-order valence-corrected chi connectivity index (χ1v) is 5.63. The molecule has 0 spiro atoms. The Morgan fingerprint density at radius 2 is 2.50 bits per heavy atom. The second-order valence-corrected chi connectivity index (χ2v) is 4.07. The fourth-order valence-corrected chi connectivity index (χ4v) is 1.98. The summed E-state index contributed by atoms with van der Waals surface area (Å²) < 4.78 is 0. The molecule has 0 fully saturated rings. The molecule has 1 rings (SSSR count). The standard InChI is InChI=1S/C10H15NO2S/c1-2-3-6-11-9(10(12)13)8-5-4-7-14-8/h4-5,7,9,11H,2-3,6H2,1H3,(H,12,13). The molecule has 0 aromatic carbocycles.